The number of carbonyl (C=O) groups excluding carboxylic acids is 3. The van der Waals surface area contributed by atoms with Gasteiger partial charge in [0, 0.05) is 11.3 Å². The first kappa shape index (κ1) is 21.9. The van der Waals surface area contributed by atoms with E-state index in [1.54, 1.807) is 30.3 Å². The van der Waals surface area contributed by atoms with E-state index >= 15 is 0 Å². The van der Waals surface area contributed by atoms with E-state index in [4.69, 9.17) is 9.47 Å². The van der Waals surface area contributed by atoms with E-state index in [-0.39, 0.29) is 31.4 Å². The molecule has 0 spiro atoms. The van der Waals surface area contributed by atoms with E-state index in [1.165, 1.54) is 7.11 Å². The lowest BCUT2D eigenvalue weighted by atomic mass is 10.1. The number of ether oxygens (including phenoxy) is 3. The van der Waals surface area contributed by atoms with Gasteiger partial charge in [0.2, 0.25) is 5.91 Å². The Bertz CT molecular complexity index is 998. The highest BCUT2D eigenvalue weighted by molar-refractivity contribution is 6.07. The molecule has 2 amide bonds. The van der Waals surface area contributed by atoms with Gasteiger partial charge in [0.25, 0.3) is 5.91 Å². The number of hydrogen-bond donors (Lipinski definition) is 2. The largest absolute Gasteiger partial charge is 0.490 e. The third kappa shape index (κ3) is 5.85. The van der Waals surface area contributed by atoms with Gasteiger partial charge in [0.05, 0.1) is 25.7 Å². The van der Waals surface area contributed by atoms with Gasteiger partial charge in [-0.2, -0.15) is 0 Å². The molecule has 1 aliphatic heterocycles. The van der Waals surface area contributed by atoms with Crippen LogP contribution in [0.2, 0.25) is 0 Å². The average molecular weight is 424 g/mol. The highest BCUT2D eigenvalue weighted by Gasteiger charge is 2.20. The second-order valence-corrected chi connectivity index (χ2v) is 6.75. The third-order valence-electron chi connectivity index (χ3n) is 4.54. The Balaban J connectivity index is 1.59. The van der Waals surface area contributed by atoms with Crippen molar-refractivity contribution in [3.05, 3.63) is 59.2 Å². The number of amides is 2. The van der Waals surface area contributed by atoms with E-state index in [9.17, 15) is 14.4 Å². The summed E-state index contributed by atoms with van der Waals surface area (Å²) in [5.74, 6) is 0.217. The molecule has 0 saturated carbocycles. The molecule has 3 rings (SSSR count). The zero-order valence-electron chi connectivity index (χ0n) is 17.4. The monoisotopic (exact) mass is 424 g/mol. The lowest BCUT2D eigenvalue weighted by Crippen LogP contribution is -2.31. The molecular weight excluding hydrogens is 400 g/mol. The predicted octanol–water partition coefficient (Wildman–Crippen LogP) is 2.33. The number of fused-ring (bicyclic) bond motifs is 1. The lowest BCUT2D eigenvalue weighted by molar-refractivity contribution is -0.141. The molecule has 0 unspecified atom stereocenters. The molecule has 162 valence electrons. The van der Waals surface area contributed by atoms with Crippen LogP contribution < -0.4 is 20.1 Å². The number of esters is 1. The normalized spacial score (nSPS) is 12.0. The van der Waals surface area contributed by atoms with Gasteiger partial charge < -0.3 is 24.8 Å². The molecule has 0 saturated heterocycles. The van der Waals surface area contributed by atoms with Gasteiger partial charge in [-0.15, -0.1) is 0 Å². The molecule has 8 nitrogen and oxygen atoms in total. The van der Waals surface area contributed by atoms with Crippen LogP contribution in [0.15, 0.2) is 48.0 Å². The van der Waals surface area contributed by atoms with Gasteiger partial charge in [0.1, 0.15) is 13.2 Å². The van der Waals surface area contributed by atoms with Gasteiger partial charge >= 0.3 is 5.97 Å². The number of carbonyl (C=O) groups is 3. The molecule has 8 heteroatoms. The highest BCUT2D eigenvalue weighted by Crippen LogP contribution is 2.35. The molecular formula is C23H24N2O6. The Kier molecular flexibility index (Phi) is 7.26. The molecule has 1 aliphatic rings. The summed E-state index contributed by atoms with van der Waals surface area (Å²) in [7, 11) is 1.26. The third-order valence-corrected chi connectivity index (χ3v) is 4.54. The summed E-state index contributed by atoms with van der Waals surface area (Å²) < 4.78 is 15.8. The van der Waals surface area contributed by atoms with E-state index < -0.39 is 5.97 Å². The topological polar surface area (TPSA) is 103 Å². The minimum Gasteiger partial charge on any atom is -0.490 e. The van der Waals surface area contributed by atoms with E-state index in [0.29, 0.717) is 29.4 Å². The molecule has 2 N–H and O–H groups in total. The van der Waals surface area contributed by atoms with Gasteiger partial charge in [-0.25, -0.2) is 0 Å². The maximum atomic E-state index is 12.6. The minimum atomic E-state index is -0.510. The van der Waals surface area contributed by atoms with Gasteiger partial charge in [-0.3, -0.25) is 14.4 Å². The summed E-state index contributed by atoms with van der Waals surface area (Å²) in [6.07, 6.45) is 1.90. The molecule has 0 radical (unpaired) electrons. The summed E-state index contributed by atoms with van der Waals surface area (Å²) in [5, 5.41) is 5.31. The molecule has 31 heavy (non-hydrogen) atoms. The maximum Gasteiger partial charge on any atom is 0.325 e. The van der Waals surface area contributed by atoms with Crippen molar-refractivity contribution < 1.29 is 28.6 Å². The van der Waals surface area contributed by atoms with Crippen molar-refractivity contribution in [3.8, 4) is 11.5 Å². The first-order chi connectivity index (χ1) is 15.0. The van der Waals surface area contributed by atoms with Crippen LogP contribution in [0, 0.1) is 0 Å². The maximum absolute atomic E-state index is 12.6. The van der Waals surface area contributed by atoms with Crippen molar-refractivity contribution >= 4 is 29.5 Å². The molecule has 0 bridgehead atoms. The standard InChI is InChI=1S/C23H24N2O6/c1-3-30-19-6-4-5-16-12-17(14-31-22(16)19)23(28)25-18-9-7-15(8-10-18)11-20(26)24-13-21(27)29-2/h4-10,12H,3,11,13-14H2,1-2H3,(H,24,26)(H,25,28). The Morgan fingerprint density at radius 3 is 2.58 bits per heavy atom. The summed E-state index contributed by atoms with van der Waals surface area (Å²) in [6, 6.07) is 12.5. The quantitative estimate of drug-likeness (QED) is 0.631. The van der Waals surface area contributed by atoms with Gasteiger partial charge in [-0.05, 0) is 36.8 Å². The van der Waals surface area contributed by atoms with Crippen LogP contribution in [0.1, 0.15) is 18.1 Å². The highest BCUT2D eigenvalue weighted by atomic mass is 16.5. The average Bonchev–Trinajstić information content (AvgIpc) is 2.78. The number of anilines is 1. The van der Waals surface area contributed by atoms with Crippen molar-refractivity contribution in [3.63, 3.8) is 0 Å². The minimum absolute atomic E-state index is 0.114. The molecule has 0 fully saturated rings. The number of methoxy groups -OCH3 is 1. The SMILES string of the molecule is CCOc1cccc2c1OCC(C(=O)Nc1ccc(CC(=O)NCC(=O)OC)cc1)=C2. The van der Waals surface area contributed by atoms with Crippen LogP contribution in [-0.2, 0) is 25.5 Å². The van der Waals surface area contributed by atoms with Crippen LogP contribution in [0.5, 0.6) is 11.5 Å². The molecule has 0 atom stereocenters. The van der Waals surface area contributed by atoms with Gasteiger partial charge in [-0.1, -0.05) is 24.3 Å². The second-order valence-electron chi connectivity index (χ2n) is 6.75. The number of hydrogen-bond acceptors (Lipinski definition) is 6. The van der Waals surface area contributed by atoms with Crippen molar-refractivity contribution in [2.75, 3.05) is 32.2 Å². The number of rotatable bonds is 8. The van der Waals surface area contributed by atoms with Crippen molar-refractivity contribution in [1.29, 1.82) is 0 Å². The summed E-state index contributed by atoms with van der Waals surface area (Å²) in [5.41, 5.74) is 2.62. The summed E-state index contributed by atoms with van der Waals surface area (Å²) in [6.45, 7) is 2.40. The zero-order valence-corrected chi connectivity index (χ0v) is 17.4. The van der Waals surface area contributed by atoms with Crippen molar-refractivity contribution in [2.45, 2.75) is 13.3 Å². The Hall–Kier alpha value is -3.81. The van der Waals surface area contributed by atoms with Gasteiger partial charge in [0.15, 0.2) is 11.5 Å². The predicted molar refractivity (Wildman–Crippen MR) is 115 cm³/mol. The summed E-state index contributed by atoms with van der Waals surface area (Å²) in [4.78, 5) is 35.5. The van der Waals surface area contributed by atoms with Crippen molar-refractivity contribution in [2.24, 2.45) is 0 Å². The fourth-order valence-corrected chi connectivity index (χ4v) is 2.99. The van der Waals surface area contributed by atoms with Crippen LogP contribution in [0.25, 0.3) is 6.08 Å². The molecule has 0 aromatic heterocycles. The fraction of sp³-hybridized carbons (Fsp3) is 0.261. The van der Waals surface area contributed by atoms with Crippen molar-refractivity contribution in [1.82, 2.24) is 5.32 Å². The van der Waals surface area contributed by atoms with Crippen LogP contribution in [-0.4, -0.2) is 44.7 Å². The van der Waals surface area contributed by atoms with Crippen LogP contribution >= 0.6 is 0 Å². The number of nitrogens with one attached hydrogen (secondary N) is 2. The lowest BCUT2D eigenvalue weighted by Gasteiger charge is -2.20. The molecule has 1 heterocycles. The van der Waals surface area contributed by atoms with E-state index in [2.05, 4.69) is 15.4 Å². The second kappa shape index (κ2) is 10.3. The first-order valence-corrected chi connectivity index (χ1v) is 9.83. The molecule has 2 aromatic rings. The van der Waals surface area contributed by atoms with E-state index in [0.717, 1.165) is 11.1 Å². The Labute approximate surface area is 180 Å². The molecule has 0 aliphatic carbocycles. The van der Waals surface area contributed by atoms with Crippen LogP contribution in [0.4, 0.5) is 5.69 Å². The first-order valence-electron chi connectivity index (χ1n) is 9.83. The van der Waals surface area contributed by atoms with E-state index in [1.807, 2.05) is 25.1 Å². The smallest absolute Gasteiger partial charge is 0.325 e. The summed E-state index contributed by atoms with van der Waals surface area (Å²) >= 11 is 0. The molecule has 2 aromatic carbocycles. The zero-order chi connectivity index (χ0) is 22.2. The fourth-order valence-electron chi connectivity index (χ4n) is 2.99. The van der Waals surface area contributed by atoms with Crippen LogP contribution in [0.3, 0.4) is 0 Å². The Morgan fingerprint density at radius 2 is 1.87 bits per heavy atom. The Morgan fingerprint density at radius 1 is 1.10 bits per heavy atom. The number of para-hydroxylation sites is 1. The number of benzene rings is 2.